The van der Waals surface area contributed by atoms with Crippen LogP contribution in [0.3, 0.4) is 0 Å². The average Bonchev–Trinajstić information content (AvgIpc) is 3.39. The van der Waals surface area contributed by atoms with Gasteiger partial charge in [0, 0.05) is 37.1 Å². The predicted molar refractivity (Wildman–Crippen MR) is 137 cm³/mol. The average molecular weight is 488 g/mol. The normalized spacial score (nSPS) is 13.9. The first kappa shape index (κ1) is 23.4. The number of pyridine rings is 1. The van der Waals surface area contributed by atoms with Crippen LogP contribution in [-0.4, -0.2) is 40.5 Å². The smallest absolute Gasteiger partial charge is 0.217 e. The summed E-state index contributed by atoms with van der Waals surface area (Å²) in [6, 6.07) is 17.3. The maximum absolute atomic E-state index is 13.9. The Morgan fingerprint density at radius 1 is 1.06 bits per heavy atom. The lowest BCUT2D eigenvalue weighted by atomic mass is 10.2. The van der Waals surface area contributed by atoms with Crippen LogP contribution in [0.25, 0.3) is 11.4 Å². The minimum Gasteiger partial charge on any atom is -0.477 e. The van der Waals surface area contributed by atoms with Crippen LogP contribution < -0.4 is 15.4 Å². The van der Waals surface area contributed by atoms with E-state index in [4.69, 9.17) is 9.47 Å². The number of aliphatic hydroxyl groups excluding tert-OH is 1. The van der Waals surface area contributed by atoms with Gasteiger partial charge in [-0.3, -0.25) is 9.98 Å². The number of anilines is 2. The van der Waals surface area contributed by atoms with Crippen LogP contribution in [0.2, 0.25) is 0 Å². The molecule has 1 unspecified atom stereocenters. The number of aliphatic imine (C=N–C) groups is 1. The molecule has 4 N–H and O–H groups in total. The van der Waals surface area contributed by atoms with Gasteiger partial charge in [0.1, 0.15) is 17.3 Å². The second-order valence-electron chi connectivity index (χ2n) is 8.37. The Morgan fingerprint density at radius 3 is 2.72 bits per heavy atom. The van der Waals surface area contributed by atoms with E-state index in [0.29, 0.717) is 29.7 Å². The molecule has 0 bridgehead atoms. The molecule has 0 aliphatic carbocycles. The van der Waals surface area contributed by atoms with Crippen molar-refractivity contribution in [1.82, 2.24) is 9.97 Å². The molecule has 0 fully saturated rings. The van der Waals surface area contributed by atoms with Gasteiger partial charge in [-0.1, -0.05) is 6.07 Å². The van der Waals surface area contributed by atoms with Crippen LogP contribution in [0.15, 0.2) is 78.0 Å². The summed E-state index contributed by atoms with van der Waals surface area (Å²) in [4.78, 5) is 12.1. The van der Waals surface area contributed by atoms with Gasteiger partial charge in [-0.2, -0.15) is 0 Å². The molecule has 8 nitrogen and oxygen atoms in total. The van der Waals surface area contributed by atoms with E-state index in [1.807, 2.05) is 25.3 Å². The van der Waals surface area contributed by atoms with E-state index in [2.05, 4.69) is 25.6 Å². The third-order valence-electron chi connectivity index (χ3n) is 5.54. The van der Waals surface area contributed by atoms with Crippen molar-refractivity contribution in [3.63, 3.8) is 0 Å². The lowest BCUT2D eigenvalue weighted by molar-refractivity contribution is 0.232. The summed E-state index contributed by atoms with van der Waals surface area (Å²) in [6.07, 6.45) is 3.30. The number of nitrogens with one attached hydrogen (secondary N) is 3. The molecule has 2 aromatic heterocycles. The highest BCUT2D eigenvalue weighted by atomic mass is 19.1. The Hall–Kier alpha value is -4.37. The molecular formula is C27H26FN5O3. The van der Waals surface area contributed by atoms with Gasteiger partial charge in [0.2, 0.25) is 12.2 Å². The topological polar surface area (TPSA) is 104 Å². The Morgan fingerprint density at radius 2 is 1.92 bits per heavy atom. The maximum atomic E-state index is 13.9. The van der Waals surface area contributed by atoms with E-state index in [1.165, 1.54) is 6.07 Å². The summed E-state index contributed by atoms with van der Waals surface area (Å²) < 4.78 is 25.5. The van der Waals surface area contributed by atoms with Crippen molar-refractivity contribution < 1.29 is 19.0 Å². The first-order valence-corrected chi connectivity index (χ1v) is 11.6. The summed E-state index contributed by atoms with van der Waals surface area (Å²) in [5.41, 5.74) is 4.19. The summed E-state index contributed by atoms with van der Waals surface area (Å²) in [5.74, 6) is 1.45. The van der Waals surface area contributed by atoms with Crippen molar-refractivity contribution in [2.24, 2.45) is 4.99 Å². The number of aryl methyl sites for hydroxylation is 1. The fourth-order valence-corrected chi connectivity index (χ4v) is 3.77. The molecule has 0 amide bonds. The Bertz CT molecular complexity index is 1370. The van der Waals surface area contributed by atoms with E-state index >= 15 is 0 Å². The number of ether oxygens (including phenoxy) is 2. The number of halogens is 1. The largest absolute Gasteiger partial charge is 0.477 e. The zero-order valence-electron chi connectivity index (χ0n) is 19.7. The summed E-state index contributed by atoms with van der Waals surface area (Å²) in [7, 11) is 0. The molecule has 1 aliphatic heterocycles. The molecular weight excluding hydrogens is 461 g/mol. The zero-order chi connectivity index (χ0) is 24.9. The number of aromatic nitrogens is 2. The minimum atomic E-state index is -1.17. The molecule has 9 heteroatoms. The monoisotopic (exact) mass is 487 g/mol. The number of hydrogen-bond donors (Lipinski definition) is 4. The van der Waals surface area contributed by atoms with E-state index < -0.39 is 12.2 Å². The number of hydrogen-bond acceptors (Lipinski definition) is 7. The first-order chi connectivity index (χ1) is 17.5. The standard InChI is InChI=1S/C27H26FN5O3/c1-17-3-8-22(28)23(13-17)33-27(34)32-19-4-6-20(7-5-19)36-21-9-11-29-25(15-21)24-14-18(16-31-24)26-30-10-2-12-35-26/h3-9,11,13-16,27,31-34H,2,10,12H2,1H3. The van der Waals surface area contributed by atoms with Crippen molar-refractivity contribution in [2.45, 2.75) is 19.7 Å². The molecule has 5 rings (SSSR count). The highest BCUT2D eigenvalue weighted by molar-refractivity contribution is 5.95. The lowest BCUT2D eigenvalue weighted by Crippen LogP contribution is -2.28. The maximum Gasteiger partial charge on any atom is 0.217 e. The highest BCUT2D eigenvalue weighted by Gasteiger charge is 2.13. The zero-order valence-corrected chi connectivity index (χ0v) is 19.7. The van der Waals surface area contributed by atoms with Crippen LogP contribution in [-0.2, 0) is 4.74 Å². The van der Waals surface area contributed by atoms with Crippen molar-refractivity contribution >= 4 is 17.3 Å². The fraction of sp³-hybridized carbons (Fsp3) is 0.185. The molecule has 2 aromatic carbocycles. The molecule has 0 saturated carbocycles. The molecule has 36 heavy (non-hydrogen) atoms. The van der Waals surface area contributed by atoms with Crippen LogP contribution in [0.1, 0.15) is 17.5 Å². The number of nitrogens with zero attached hydrogens (tertiary/aromatic N) is 2. The molecule has 1 aliphatic rings. The molecule has 184 valence electrons. The Balaban J connectivity index is 1.21. The van der Waals surface area contributed by atoms with Gasteiger partial charge in [0.05, 0.1) is 29.2 Å². The third kappa shape index (κ3) is 5.64. The number of rotatable bonds is 8. The quantitative estimate of drug-likeness (QED) is 0.252. The van der Waals surface area contributed by atoms with Gasteiger partial charge >= 0.3 is 0 Å². The van der Waals surface area contributed by atoms with Gasteiger partial charge in [-0.05, 0) is 61.0 Å². The van der Waals surface area contributed by atoms with Crippen molar-refractivity contribution in [2.75, 3.05) is 23.8 Å². The van der Waals surface area contributed by atoms with Crippen molar-refractivity contribution in [1.29, 1.82) is 0 Å². The third-order valence-corrected chi connectivity index (χ3v) is 5.54. The SMILES string of the molecule is Cc1ccc(F)c(NC(O)Nc2ccc(Oc3ccnc(-c4cc(C5=NCCCO5)c[nH]4)c3)cc2)c1. The summed E-state index contributed by atoms with van der Waals surface area (Å²) in [6.45, 7) is 3.30. The predicted octanol–water partition coefficient (Wildman–Crippen LogP) is 5.28. The minimum absolute atomic E-state index is 0.219. The van der Waals surface area contributed by atoms with E-state index in [0.717, 1.165) is 35.5 Å². The molecule has 0 radical (unpaired) electrons. The van der Waals surface area contributed by atoms with Crippen LogP contribution in [0.4, 0.5) is 15.8 Å². The number of aliphatic hydroxyl groups is 1. The Labute approximate surface area is 207 Å². The number of aromatic amines is 1. The molecule has 4 aromatic rings. The molecule has 0 saturated heterocycles. The summed E-state index contributed by atoms with van der Waals surface area (Å²) >= 11 is 0. The van der Waals surface area contributed by atoms with Crippen LogP contribution in [0.5, 0.6) is 11.5 Å². The highest BCUT2D eigenvalue weighted by Crippen LogP contribution is 2.27. The van der Waals surface area contributed by atoms with Gasteiger partial charge < -0.3 is 30.2 Å². The van der Waals surface area contributed by atoms with Gasteiger partial charge in [0.15, 0.2) is 0 Å². The van der Waals surface area contributed by atoms with Gasteiger partial charge in [-0.15, -0.1) is 0 Å². The second-order valence-corrected chi connectivity index (χ2v) is 8.37. The van der Waals surface area contributed by atoms with E-state index in [-0.39, 0.29) is 5.69 Å². The molecule has 1 atom stereocenters. The first-order valence-electron chi connectivity index (χ1n) is 11.6. The van der Waals surface area contributed by atoms with E-state index in [9.17, 15) is 9.50 Å². The number of benzene rings is 2. The van der Waals surface area contributed by atoms with Gasteiger partial charge in [-0.25, -0.2) is 4.39 Å². The summed E-state index contributed by atoms with van der Waals surface area (Å²) in [5, 5.41) is 15.8. The lowest BCUT2D eigenvalue weighted by Gasteiger charge is -2.18. The fourth-order valence-electron chi connectivity index (χ4n) is 3.77. The Kier molecular flexibility index (Phi) is 6.81. The molecule has 0 spiro atoms. The van der Waals surface area contributed by atoms with Gasteiger partial charge in [0.25, 0.3) is 0 Å². The molecule has 3 heterocycles. The van der Waals surface area contributed by atoms with Crippen LogP contribution >= 0.6 is 0 Å². The van der Waals surface area contributed by atoms with E-state index in [1.54, 1.807) is 48.7 Å². The van der Waals surface area contributed by atoms with Crippen LogP contribution in [0, 0.1) is 12.7 Å². The van der Waals surface area contributed by atoms with Crippen molar-refractivity contribution in [3.8, 4) is 22.9 Å². The number of H-pyrrole nitrogens is 1. The van der Waals surface area contributed by atoms with Crippen molar-refractivity contribution in [3.05, 3.63) is 90.0 Å². The second kappa shape index (κ2) is 10.5.